The lowest BCUT2D eigenvalue weighted by Gasteiger charge is -2.37. The fourth-order valence-corrected chi connectivity index (χ4v) is 2.38. The second kappa shape index (κ2) is 4.94. The minimum atomic E-state index is 0.421. The smallest absolute Gasteiger partial charge is 0.0759 e. The van der Waals surface area contributed by atoms with Crippen LogP contribution in [0.2, 0.25) is 0 Å². The van der Waals surface area contributed by atoms with Crippen LogP contribution in [-0.2, 0) is 4.74 Å². The van der Waals surface area contributed by atoms with Gasteiger partial charge in [-0.2, -0.15) is 0 Å². The Labute approximate surface area is 86.7 Å². The van der Waals surface area contributed by atoms with Gasteiger partial charge in [-0.3, -0.25) is 0 Å². The standard InChI is InChI=1S/C12H21NO/c1-13-9-10-7-12(8-10)14-11-5-3-2-4-6-11/h3,5,10-13H,2,4,6-9H2,1H3. The van der Waals surface area contributed by atoms with Gasteiger partial charge in [0.25, 0.3) is 0 Å². The van der Waals surface area contributed by atoms with Gasteiger partial charge in [-0.1, -0.05) is 12.2 Å². The average molecular weight is 195 g/mol. The molecule has 0 aromatic heterocycles. The van der Waals surface area contributed by atoms with Crippen molar-refractivity contribution in [2.45, 2.75) is 44.3 Å². The zero-order valence-electron chi connectivity index (χ0n) is 9.04. The summed E-state index contributed by atoms with van der Waals surface area (Å²) in [5.74, 6) is 0.859. The van der Waals surface area contributed by atoms with E-state index in [0.717, 1.165) is 12.5 Å². The van der Waals surface area contributed by atoms with E-state index < -0.39 is 0 Å². The van der Waals surface area contributed by atoms with Crippen molar-refractivity contribution < 1.29 is 4.74 Å². The minimum Gasteiger partial charge on any atom is -0.371 e. The molecule has 2 aliphatic rings. The predicted octanol–water partition coefficient (Wildman–Crippen LogP) is 2.11. The molecule has 80 valence electrons. The third kappa shape index (κ3) is 2.58. The lowest BCUT2D eigenvalue weighted by molar-refractivity contribution is -0.0611. The Morgan fingerprint density at radius 1 is 1.43 bits per heavy atom. The Balaban J connectivity index is 1.63. The molecule has 1 unspecified atom stereocenters. The molecule has 2 heteroatoms. The largest absolute Gasteiger partial charge is 0.371 e. The molecule has 0 saturated heterocycles. The van der Waals surface area contributed by atoms with Crippen molar-refractivity contribution in [1.82, 2.24) is 5.32 Å². The van der Waals surface area contributed by atoms with E-state index >= 15 is 0 Å². The summed E-state index contributed by atoms with van der Waals surface area (Å²) in [4.78, 5) is 0. The van der Waals surface area contributed by atoms with Gasteiger partial charge in [-0.25, -0.2) is 0 Å². The van der Waals surface area contributed by atoms with Crippen LogP contribution in [0.25, 0.3) is 0 Å². The maximum atomic E-state index is 5.99. The lowest BCUT2D eigenvalue weighted by atomic mass is 9.82. The third-order valence-corrected chi connectivity index (χ3v) is 3.26. The van der Waals surface area contributed by atoms with Gasteiger partial charge in [-0.05, 0) is 51.6 Å². The topological polar surface area (TPSA) is 21.3 Å². The van der Waals surface area contributed by atoms with Crippen LogP contribution in [0.15, 0.2) is 12.2 Å². The zero-order chi connectivity index (χ0) is 9.80. The Bertz CT molecular complexity index is 196. The van der Waals surface area contributed by atoms with Gasteiger partial charge in [0.05, 0.1) is 12.2 Å². The van der Waals surface area contributed by atoms with Crippen molar-refractivity contribution in [3.8, 4) is 0 Å². The second-order valence-corrected chi connectivity index (χ2v) is 4.55. The summed E-state index contributed by atoms with van der Waals surface area (Å²) in [5, 5.41) is 3.22. The molecule has 0 heterocycles. The summed E-state index contributed by atoms with van der Waals surface area (Å²) in [6.45, 7) is 1.15. The van der Waals surface area contributed by atoms with Gasteiger partial charge in [0.15, 0.2) is 0 Å². The molecule has 14 heavy (non-hydrogen) atoms. The highest BCUT2D eigenvalue weighted by molar-refractivity contribution is 4.95. The maximum absolute atomic E-state index is 5.99. The lowest BCUT2D eigenvalue weighted by Crippen LogP contribution is -2.38. The first-order valence-electron chi connectivity index (χ1n) is 5.85. The summed E-state index contributed by atoms with van der Waals surface area (Å²) in [7, 11) is 2.03. The number of nitrogens with one attached hydrogen (secondary N) is 1. The van der Waals surface area contributed by atoms with E-state index in [9.17, 15) is 0 Å². The Hall–Kier alpha value is -0.340. The fourth-order valence-electron chi connectivity index (χ4n) is 2.38. The molecule has 0 aromatic carbocycles. The highest BCUT2D eigenvalue weighted by atomic mass is 16.5. The van der Waals surface area contributed by atoms with Crippen molar-refractivity contribution in [3.63, 3.8) is 0 Å². The van der Waals surface area contributed by atoms with Crippen LogP contribution in [0.4, 0.5) is 0 Å². The molecular formula is C12H21NO. The molecule has 0 spiro atoms. The molecule has 2 aliphatic carbocycles. The fraction of sp³-hybridized carbons (Fsp3) is 0.833. The molecule has 0 bridgehead atoms. The van der Waals surface area contributed by atoms with Gasteiger partial charge in [0.2, 0.25) is 0 Å². The molecule has 0 aliphatic heterocycles. The van der Waals surface area contributed by atoms with Crippen molar-refractivity contribution in [2.75, 3.05) is 13.6 Å². The van der Waals surface area contributed by atoms with Gasteiger partial charge < -0.3 is 10.1 Å². The molecule has 2 nitrogen and oxygen atoms in total. The quantitative estimate of drug-likeness (QED) is 0.694. The average Bonchev–Trinajstić information content (AvgIpc) is 2.16. The second-order valence-electron chi connectivity index (χ2n) is 4.55. The van der Waals surface area contributed by atoms with Crippen molar-refractivity contribution in [1.29, 1.82) is 0 Å². The van der Waals surface area contributed by atoms with Crippen LogP contribution in [0.5, 0.6) is 0 Å². The van der Waals surface area contributed by atoms with Crippen LogP contribution in [0.1, 0.15) is 32.1 Å². The molecule has 0 aromatic rings. The van der Waals surface area contributed by atoms with E-state index in [0.29, 0.717) is 12.2 Å². The summed E-state index contributed by atoms with van der Waals surface area (Å²) in [6, 6.07) is 0. The third-order valence-electron chi connectivity index (χ3n) is 3.26. The van der Waals surface area contributed by atoms with Gasteiger partial charge in [-0.15, -0.1) is 0 Å². The molecule has 2 rings (SSSR count). The molecule has 1 N–H and O–H groups in total. The van der Waals surface area contributed by atoms with Crippen LogP contribution in [0, 0.1) is 5.92 Å². The number of ether oxygens (including phenoxy) is 1. The molecule has 1 atom stereocenters. The zero-order valence-corrected chi connectivity index (χ0v) is 9.04. The first-order valence-corrected chi connectivity index (χ1v) is 5.85. The number of hydrogen-bond acceptors (Lipinski definition) is 2. The van der Waals surface area contributed by atoms with Crippen molar-refractivity contribution >= 4 is 0 Å². The van der Waals surface area contributed by atoms with Crippen molar-refractivity contribution in [3.05, 3.63) is 12.2 Å². The molecule has 0 radical (unpaired) electrons. The van der Waals surface area contributed by atoms with Gasteiger partial charge in [0.1, 0.15) is 0 Å². The van der Waals surface area contributed by atoms with Crippen LogP contribution < -0.4 is 5.32 Å². The van der Waals surface area contributed by atoms with E-state index in [-0.39, 0.29) is 0 Å². The van der Waals surface area contributed by atoms with Crippen molar-refractivity contribution in [2.24, 2.45) is 5.92 Å². The first kappa shape index (κ1) is 10.2. The van der Waals surface area contributed by atoms with E-state index in [2.05, 4.69) is 17.5 Å². The molecule has 1 saturated carbocycles. The molecular weight excluding hydrogens is 174 g/mol. The van der Waals surface area contributed by atoms with E-state index in [1.807, 2.05) is 7.05 Å². The SMILES string of the molecule is CNCC1CC(OC2C=CCCC2)C1. The minimum absolute atomic E-state index is 0.421. The van der Waals surface area contributed by atoms with E-state index in [1.54, 1.807) is 0 Å². The predicted molar refractivity (Wildman–Crippen MR) is 58.3 cm³/mol. The molecule has 0 amide bonds. The van der Waals surface area contributed by atoms with Gasteiger partial charge >= 0.3 is 0 Å². The van der Waals surface area contributed by atoms with Crippen LogP contribution in [0.3, 0.4) is 0 Å². The summed E-state index contributed by atoms with van der Waals surface area (Å²) >= 11 is 0. The Kier molecular flexibility index (Phi) is 3.60. The number of allylic oxidation sites excluding steroid dienone is 1. The highest BCUT2D eigenvalue weighted by Crippen LogP contribution is 2.31. The summed E-state index contributed by atoms with van der Waals surface area (Å²) in [6.07, 6.45) is 11.7. The van der Waals surface area contributed by atoms with Gasteiger partial charge in [0, 0.05) is 0 Å². The monoisotopic (exact) mass is 195 g/mol. The molecule has 1 fully saturated rings. The number of rotatable bonds is 4. The van der Waals surface area contributed by atoms with E-state index in [4.69, 9.17) is 4.74 Å². The maximum Gasteiger partial charge on any atom is 0.0759 e. The summed E-state index contributed by atoms with van der Waals surface area (Å²) in [5.41, 5.74) is 0. The normalized spacial score (nSPS) is 36.8. The van der Waals surface area contributed by atoms with Crippen LogP contribution >= 0.6 is 0 Å². The Morgan fingerprint density at radius 3 is 2.93 bits per heavy atom. The first-order chi connectivity index (χ1) is 6.88. The highest BCUT2D eigenvalue weighted by Gasteiger charge is 2.30. The Morgan fingerprint density at radius 2 is 2.29 bits per heavy atom. The van der Waals surface area contributed by atoms with Crippen LogP contribution in [-0.4, -0.2) is 25.8 Å². The number of hydrogen-bond donors (Lipinski definition) is 1. The summed E-state index contributed by atoms with van der Waals surface area (Å²) < 4.78 is 5.99. The van der Waals surface area contributed by atoms with E-state index in [1.165, 1.54) is 32.1 Å².